The largest absolute Gasteiger partial charge is 0.339 e. The summed E-state index contributed by atoms with van der Waals surface area (Å²) in [4.78, 5) is 24.2. The molecule has 130 valence electrons. The van der Waals surface area contributed by atoms with Crippen molar-refractivity contribution in [3.05, 3.63) is 27.3 Å². The molecule has 1 aliphatic rings. The highest BCUT2D eigenvalue weighted by molar-refractivity contribution is 7.11. The number of likely N-dealkylation sites (tertiary alicyclic amines) is 1. The van der Waals surface area contributed by atoms with E-state index < -0.39 is 0 Å². The van der Waals surface area contributed by atoms with Gasteiger partial charge in [0.15, 0.2) is 5.82 Å². The summed E-state index contributed by atoms with van der Waals surface area (Å²) in [6.45, 7) is 7.86. The lowest BCUT2D eigenvalue weighted by atomic mass is 9.98. The molecule has 2 amide bonds. The standard InChI is InChI=1S/C16H23N5O2S/c1-10-14(24-12(3)18-10)6-7-17-16(22)21-8-4-5-13(9-21)15-19-11(2)20-23-15/h13H,4-9H2,1-3H3,(H,17,22). The molecule has 1 saturated heterocycles. The van der Waals surface area contributed by atoms with Crippen LogP contribution >= 0.6 is 11.3 Å². The maximum atomic E-state index is 12.4. The van der Waals surface area contributed by atoms with Gasteiger partial charge in [0.1, 0.15) is 0 Å². The molecule has 1 unspecified atom stereocenters. The first-order valence-electron chi connectivity index (χ1n) is 8.29. The van der Waals surface area contributed by atoms with Gasteiger partial charge in [-0.25, -0.2) is 9.78 Å². The van der Waals surface area contributed by atoms with Crippen LogP contribution in [-0.2, 0) is 6.42 Å². The summed E-state index contributed by atoms with van der Waals surface area (Å²) in [6.07, 6.45) is 2.75. The summed E-state index contributed by atoms with van der Waals surface area (Å²) in [7, 11) is 0. The molecule has 1 aliphatic heterocycles. The van der Waals surface area contributed by atoms with Crippen molar-refractivity contribution in [2.24, 2.45) is 0 Å². The molecular weight excluding hydrogens is 326 g/mol. The molecular formula is C16H23N5O2S. The fourth-order valence-electron chi connectivity index (χ4n) is 3.04. The zero-order chi connectivity index (χ0) is 17.1. The number of nitrogens with one attached hydrogen (secondary N) is 1. The minimum absolute atomic E-state index is 0.0187. The van der Waals surface area contributed by atoms with Crippen molar-refractivity contribution in [3.8, 4) is 0 Å². The van der Waals surface area contributed by atoms with Crippen LogP contribution in [0.3, 0.4) is 0 Å². The molecule has 0 bridgehead atoms. The summed E-state index contributed by atoms with van der Waals surface area (Å²) in [5.41, 5.74) is 1.07. The Morgan fingerprint density at radius 1 is 1.38 bits per heavy atom. The molecule has 0 aliphatic carbocycles. The lowest BCUT2D eigenvalue weighted by Gasteiger charge is -2.31. The number of nitrogens with zero attached hydrogens (tertiary/aromatic N) is 4. The van der Waals surface area contributed by atoms with Crippen molar-refractivity contribution in [2.75, 3.05) is 19.6 Å². The van der Waals surface area contributed by atoms with Crippen molar-refractivity contribution in [1.29, 1.82) is 0 Å². The van der Waals surface area contributed by atoms with Crippen LogP contribution in [-0.4, -0.2) is 45.7 Å². The predicted octanol–water partition coefficient (Wildman–Crippen LogP) is 2.58. The second-order valence-corrected chi connectivity index (χ2v) is 7.48. The van der Waals surface area contributed by atoms with Gasteiger partial charge in [-0.05, 0) is 33.6 Å². The Kier molecular flexibility index (Phi) is 5.13. The molecule has 0 aromatic carbocycles. The van der Waals surface area contributed by atoms with Gasteiger partial charge in [0.25, 0.3) is 0 Å². The first-order valence-corrected chi connectivity index (χ1v) is 9.10. The van der Waals surface area contributed by atoms with Crippen LogP contribution in [0.25, 0.3) is 0 Å². The topological polar surface area (TPSA) is 84.2 Å². The molecule has 0 radical (unpaired) electrons. The van der Waals surface area contributed by atoms with Gasteiger partial charge >= 0.3 is 6.03 Å². The van der Waals surface area contributed by atoms with Crippen LogP contribution in [0.5, 0.6) is 0 Å². The van der Waals surface area contributed by atoms with Crippen LogP contribution in [0.1, 0.15) is 46.1 Å². The smallest absolute Gasteiger partial charge is 0.317 e. The van der Waals surface area contributed by atoms with Gasteiger partial charge in [0, 0.05) is 30.9 Å². The Morgan fingerprint density at radius 3 is 2.88 bits per heavy atom. The molecule has 2 aromatic rings. The van der Waals surface area contributed by atoms with E-state index >= 15 is 0 Å². The highest BCUT2D eigenvalue weighted by Crippen LogP contribution is 2.25. The van der Waals surface area contributed by atoms with Crippen LogP contribution in [0.4, 0.5) is 4.79 Å². The van der Waals surface area contributed by atoms with Crippen molar-refractivity contribution in [3.63, 3.8) is 0 Å². The molecule has 24 heavy (non-hydrogen) atoms. The van der Waals surface area contributed by atoms with Gasteiger partial charge in [-0.2, -0.15) is 4.98 Å². The number of carbonyl (C=O) groups is 1. The molecule has 2 aromatic heterocycles. The second-order valence-electron chi connectivity index (χ2n) is 6.19. The van der Waals surface area contributed by atoms with Crippen LogP contribution in [0.15, 0.2) is 4.52 Å². The number of aryl methyl sites for hydroxylation is 3. The average Bonchev–Trinajstić information content (AvgIpc) is 3.13. The number of rotatable bonds is 4. The Bertz CT molecular complexity index is 711. The Morgan fingerprint density at radius 2 is 2.21 bits per heavy atom. The van der Waals surface area contributed by atoms with E-state index in [9.17, 15) is 4.79 Å². The molecule has 1 atom stereocenters. The quantitative estimate of drug-likeness (QED) is 0.917. The van der Waals surface area contributed by atoms with E-state index in [1.807, 2.05) is 25.7 Å². The molecule has 0 saturated carbocycles. The van der Waals surface area contributed by atoms with Crippen molar-refractivity contribution < 1.29 is 9.32 Å². The van der Waals surface area contributed by atoms with E-state index in [-0.39, 0.29) is 11.9 Å². The van der Waals surface area contributed by atoms with Crippen LogP contribution < -0.4 is 5.32 Å². The van der Waals surface area contributed by atoms with Crippen molar-refractivity contribution in [2.45, 2.75) is 46.0 Å². The maximum Gasteiger partial charge on any atom is 0.317 e. The Balaban J connectivity index is 1.50. The highest BCUT2D eigenvalue weighted by atomic mass is 32.1. The summed E-state index contributed by atoms with van der Waals surface area (Å²) in [5.74, 6) is 1.42. The summed E-state index contributed by atoms with van der Waals surface area (Å²) >= 11 is 1.70. The number of urea groups is 1. The molecule has 8 heteroatoms. The fourth-order valence-corrected chi connectivity index (χ4v) is 3.98. The van der Waals surface area contributed by atoms with E-state index in [0.717, 1.165) is 36.5 Å². The lowest BCUT2D eigenvalue weighted by Crippen LogP contribution is -2.45. The number of amides is 2. The van der Waals surface area contributed by atoms with Gasteiger partial charge < -0.3 is 14.7 Å². The Hall–Kier alpha value is -1.96. The van der Waals surface area contributed by atoms with Crippen molar-refractivity contribution in [1.82, 2.24) is 25.3 Å². The number of thiazole rings is 1. The highest BCUT2D eigenvalue weighted by Gasteiger charge is 2.28. The van der Waals surface area contributed by atoms with Gasteiger partial charge in [0.2, 0.25) is 5.89 Å². The molecule has 1 N–H and O–H groups in total. The number of piperidine rings is 1. The van der Waals surface area contributed by atoms with Gasteiger partial charge in [-0.15, -0.1) is 11.3 Å². The molecule has 3 heterocycles. The molecule has 7 nitrogen and oxygen atoms in total. The Labute approximate surface area is 145 Å². The number of aromatic nitrogens is 3. The zero-order valence-electron chi connectivity index (χ0n) is 14.3. The third kappa shape index (κ3) is 3.92. The average molecular weight is 349 g/mol. The second kappa shape index (κ2) is 7.29. The van der Waals surface area contributed by atoms with Gasteiger partial charge in [-0.1, -0.05) is 5.16 Å². The van der Waals surface area contributed by atoms with E-state index in [2.05, 4.69) is 20.4 Å². The van der Waals surface area contributed by atoms with Crippen LogP contribution in [0.2, 0.25) is 0 Å². The first-order chi connectivity index (χ1) is 11.5. The van der Waals surface area contributed by atoms with Gasteiger partial charge in [-0.3, -0.25) is 0 Å². The lowest BCUT2D eigenvalue weighted by molar-refractivity contribution is 0.172. The number of carbonyl (C=O) groups excluding carboxylic acids is 1. The normalized spacial score (nSPS) is 18.0. The van der Waals surface area contributed by atoms with Gasteiger partial charge in [0.05, 0.1) is 16.6 Å². The molecule has 3 rings (SSSR count). The third-order valence-electron chi connectivity index (χ3n) is 4.23. The monoisotopic (exact) mass is 349 g/mol. The minimum atomic E-state index is -0.0187. The fraction of sp³-hybridized carbons (Fsp3) is 0.625. The third-order valence-corrected chi connectivity index (χ3v) is 5.36. The number of hydrogen-bond donors (Lipinski definition) is 1. The minimum Gasteiger partial charge on any atom is -0.339 e. The summed E-state index contributed by atoms with van der Waals surface area (Å²) in [5, 5.41) is 7.93. The zero-order valence-corrected chi connectivity index (χ0v) is 15.2. The maximum absolute atomic E-state index is 12.4. The van der Waals surface area contributed by atoms with Crippen molar-refractivity contribution >= 4 is 17.4 Å². The molecule has 1 fully saturated rings. The SMILES string of the molecule is Cc1noc(C2CCCN(C(=O)NCCc3sc(C)nc3C)C2)n1. The number of hydrogen-bond acceptors (Lipinski definition) is 6. The summed E-state index contributed by atoms with van der Waals surface area (Å²) < 4.78 is 5.26. The van der Waals surface area contributed by atoms with E-state index in [1.54, 1.807) is 11.3 Å². The predicted molar refractivity (Wildman–Crippen MR) is 91.3 cm³/mol. The first kappa shape index (κ1) is 16.9. The molecule has 0 spiro atoms. The van der Waals surface area contributed by atoms with Crippen LogP contribution in [0, 0.1) is 20.8 Å². The summed E-state index contributed by atoms with van der Waals surface area (Å²) in [6, 6.07) is -0.0187. The van der Waals surface area contributed by atoms with E-state index in [4.69, 9.17) is 4.52 Å². The van der Waals surface area contributed by atoms with E-state index in [1.165, 1.54) is 4.88 Å². The van der Waals surface area contributed by atoms with E-state index in [0.29, 0.717) is 24.8 Å².